The van der Waals surface area contributed by atoms with Crippen molar-refractivity contribution < 1.29 is 9.18 Å². The molecule has 0 aliphatic heterocycles. The van der Waals surface area contributed by atoms with E-state index in [0.29, 0.717) is 17.8 Å². The summed E-state index contributed by atoms with van der Waals surface area (Å²) in [5, 5.41) is 25.7. The second-order valence-electron chi connectivity index (χ2n) is 8.16. The summed E-state index contributed by atoms with van der Waals surface area (Å²) in [5.74, 6) is 1.02. The van der Waals surface area contributed by atoms with Crippen LogP contribution in [0, 0.1) is 19.7 Å². The number of aromatic amines is 1. The topological polar surface area (TPSA) is 119 Å². The summed E-state index contributed by atoms with van der Waals surface area (Å²) in [6.45, 7) is 7.77. The maximum absolute atomic E-state index is 13.8. The van der Waals surface area contributed by atoms with Crippen LogP contribution in [0.25, 0.3) is 22.3 Å². The Kier molecular flexibility index (Phi) is 7.47. The molecular formula is C25H28FN9O. The van der Waals surface area contributed by atoms with Gasteiger partial charge in [0.2, 0.25) is 6.41 Å². The molecular weight excluding hydrogens is 461 g/mol. The van der Waals surface area contributed by atoms with Gasteiger partial charge in [-0.2, -0.15) is 10.2 Å². The lowest BCUT2D eigenvalue weighted by Crippen LogP contribution is -2.02. The Bertz CT molecular complexity index is 1450. The molecule has 11 heteroatoms. The van der Waals surface area contributed by atoms with E-state index in [1.807, 2.05) is 45.9 Å². The van der Waals surface area contributed by atoms with E-state index >= 15 is 0 Å². The Balaban J connectivity index is 0.000000159. The van der Waals surface area contributed by atoms with E-state index in [-0.39, 0.29) is 5.82 Å². The molecule has 36 heavy (non-hydrogen) atoms. The molecule has 0 saturated heterocycles. The van der Waals surface area contributed by atoms with E-state index < -0.39 is 0 Å². The van der Waals surface area contributed by atoms with Crippen molar-refractivity contribution in [2.75, 3.05) is 5.32 Å². The number of hydrogen-bond acceptors (Lipinski definition) is 6. The minimum absolute atomic E-state index is 0.270. The van der Waals surface area contributed by atoms with Crippen molar-refractivity contribution in [3.05, 3.63) is 71.8 Å². The molecule has 5 aromatic rings. The molecule has 186 valence electrons. The number of nitrogens with one attached hydrogen (secondary N) is 2. The monoisotopic (exact) mass is 489 g/mol. The normalized spacial score (nSPS) is 12.4. The highest BCUT2D eigenvalue weighted by atomic mass is 19.1. The predicted molar refractivity (Wildman–Crippen MR) is 134 cm³/mol. The molecule has 4 aromatic heterocycles. The number of amides is 1. The van der Waals surface area contributed by atoms with Crippen LogP contribution in [0.4, 0.5) is 10.1 Å². The van der Waals surface area contributed by atoms with E-state index in [9.17, 15) is 9.18 Å². The van der Waals surface area contributed by atoms with Crippen LogP contribution in [0.1, 0.15) is 49.6 Å². The van der Waals surface area contributed by atoms with Gasteiger partial charge in [0, 0.05) is 35.1 Å². The van der Waals surface area contributed by atoms with Crippen LogP contribution < -0.4 is 5.32 Å². The Labute approximate surface area is 207 Å². The first-order valence-electron chi connectivity index (χ1n) is 11.8. The van der Waals surface area contributed by atoms with Gasteiger partial charge in [-0.25, -0.2) is 8.91 Å². The number of rotatable bonds is 5. The van der Waals surface area contributed by atoms with Gasteiger partial charge in [-0.1, -0.05) is 19.9 Å². The molecule has 0 unspecified atom stereocenters. The number of aromatic nitrogens is 8. The molecule has 1 aromatic carbocycles. The molecule has 1 aliphatic rings. The number of carbonyl (C=O) groups excluding carboxylic acids is 1. The van der Waals surface area contributed by atoms with Gasteiger partial charge in [0.15, 0.2) is 5.82 Å². The van der Waals surface area contributed by atoms with Crippen molar-refractivity contribution in [2.24, 2.45) is 0 Å². The zero-order chi connectivity index (χ0) is 25.7. The molecule has 0 bridgehead atoms. The molecule has 6 rings (SSSR count). The van der Waals surface area contributed by atoms with E-state index in [4.69, 9.17) is 0 Å². The number of aryl methyl sites for hydroxylation is 2. The fourth-order valence-electron chi connectivity index (χ4n) is 3.58. The van der Waals surface area contributed by atoms with Gasteiger partial charge in [0.25, 0.3) is 0 Å². The first kappa shape index (κ1) is 24.7. The van der Waals surface area contributed by atoms with Gasteiger partial charge < -0.3 is 5.32 Å². The van der Waals surface area contributed by atoms with Crippen LogP contribution in [0.15, 0.2) is 49.1 Å². The predicted octanol–water partition coefficient (Wildman–Crippen LogP) is 4.61. The number of pyridine rings is 1. The third-order valence-corrected chi connectivity index (χ3v) is 5.62. The third kappa shape index (κ3) is 5.29. The SMILES string of the molecule is CC.Cc1ccc(-n2nnc(C3CC3)n2)cc1NC=O.Cc1cnn2cc(-c3cn[nH]c3)cc(F)c12. The second kappa shape index (κ2) is 10.9. The van der Waals surface area contributed by atoms with E-state index in [0.717, 1.165) is 52.3 Å². The average molecular weight is 490 g/mol. The number of fused-ring (bicyclic) bond motifs is 1. The van der Waals surface area contributed by atoms with Gasteiger partial charge in [-0.05, 0) is 61.2 Å². The highest BCUT2D eigenvalue weighted by Crippen LogP contribution is 2.37. The van der Waals surface area contributed by atoms with Gasteiger partial charge in [-0.15, -0.1) is 15.0 Å². The highest BCUT2D eigenvalue weighted by molar-refractivity contribution is 5.74. The molecule has 1 amide bonds. The van der Waals surface area contributed by atoms with Crippen LogP contribution >= 0.6 is 0 Å². The summed E-state index contributed by atoms with van der Waals surface area (Å²) in [6, 6.07) is 7.15. The number of carbonyl (C=O) groups is 1. The summed E-state index contributed by atoms with van der Waals surface area (Å²) in [5.41, 5.74) is 5.49. The van der Waals surface area contributed by atoms with E-state index in [1.54, 1.807) is 29.3 Å². The third-order valence-electron chi connectivity index (χ3n) is 5.62. The van der Waals surface area contributed by atoms with Gasteiger partial charge in [0.05, 0.1) is 18.1 Å². The van der Waals surface area contributed by atoms with Crippen LogP contribution in [-0.2, 0) is 4.79 Å². The summed E-state index contributed by atoms with van der Waals surface area (Å²) in [4.78, 5) is 12.0. The standard InChI is InChI=1S/C12H13N5O.C11H9FN4.C2H6/c1-8-2-5-10(6-11(8)13-7-18)17-15-12(14-16-17)9-3-4-9;1-7-3-15-16-6-8(2-10(12)11(7)16)9-4-13-14-5-9;1-2/h2,5-7,9H,3-4H2,1H3,(H,13,18);2-6H,1H3,(H,13,14);1-2H3. The summed E-state index contributed by atoms with van der Waals surface area (Å²) >= 11 is 0. The number of tetrazole rings is 1. The first-order chi connectivity index (χ1) is 17.5. The quantitative estimate of drug-likeness (QED) is 0.348. The van der Waals surface area contributed by atoms with Crippen molar-refractivity contribution in [2.45, 2.75) is 46.5 Å². The van der Waals surface area contributed by atoms with Gasteiger partial charge in [0.1, 0.15) is 11.3 Å². The zero-order valence-electron chi connectivity index (χ0n) is 20.6. The minimum atomic E-state index is -0.270. The Morgan fingerprint density at radius 1 is 1.11 bits per heavy atom. The maximum atomic E-state index is 13.8. The fourth-order valence-corrected chi connectivity index (χ4v) is 3.58. The lowest BCUT2D eigenvalue weighted by atomic mass is 10.1. The number of nitrogens with zero attached hydrogens (tertiary/aromatic N) is 7. The molecule has 0 spiro atoms. The Morgan fingerprint density at radius 3 is 2.61 bits per heavy atom. The largest absolute Gasteiger partial charge is 0.328 e. The molecule has 1 fully saturated rings. The van der Waals surface area contributed by atoms with Crippen LogP contribution in [-0.4, -0.2) is 46.4 Å². The van der Waals surface area contributed by atoms with E-state index in [1.165, 1.54) is 10.9 Å². The minimum Gasteiger partial charge on any atom is -0.328 e. The van der Waals surface area contributed by atoms with Crippen molar-refractivity contribution >= 4 is 17.6 Å². The number of H-pyrrole nitrogens is 1. The molecule has 1 aliphatic carbocycles. The molecule has 0 atom stereocenters. The zero-order valence-corrected chi connectivity index (χ0v) is 20.6. The summed E-state index contributed by atoms with van der Waals surface area (Å²) in [7, 11) is 0. The lowest BCUT2D eigenvalue weighted by Gasteiger charge is -2.06. The van der Waals surface area contributed by atoms with Crippen LogP contribution in [0.5, 0.6) is 0 Å². The number of halogens is 1. The van der Waals surface area contributed by atoms with Gasteiger partial charge >= 0.3 is 0 Å². The number of hydrogen-bond donors (Lipinski definition) is 2. The van der Waals surface area contributed by atoms with Gasteiger partial charge in [-0.3, -0.25) is 9.89 Å². The smallest absolute Gasteiger partial charge is 0.211 e. The number of benzene rings is 1. The molecule has 2 N–H and O–H groups in total. The first-order valence-corrected chi connectivity index (χ1v) is 11.8. The Hall–Kier alpha value is -4.41. The summed E-state index contributed by atoms with van der Waals surface area (Å²) < 4.78 is 15.4. The number of anilines is 1. The molecule has 4 heterocycles. The molecule has 10 nitrogen and oxygen atoms in total. The summed E-state index contributed by atoms with van der Waals surface area (Å²) in [6.07, 6.45) is 9.77. The second-order valence-corrected chi connectivity index (χ2v) is 8.16. The Morgan fingerprint density at radius 2 is 1.92 bits per heavy atom. The van der Waals surface area contributed by atoms with E-state index in [2.05, 4.69) is 36.0 Å². The van der Waals surface area contributed by atoms with Crippen molar-refractivity contribution in [1.82, 2.24) is 40.0 Å². The highest BCUT2D eigenvalue weighted by Gasteiger charge is 2.28. The molecule has 1 saturated carbocycles. The van der Waals surface area contributed by atoms with Crippen molar-refractivity contribution in [3.63, 3.8) is 0 Å². The van der Waals surface area contributed by atoms with Crippen LogP contribution in [0.3, 0.4) is 0 Å². The molecule has 0 radical (unpaired) electrons. The fraction of sp³-hybridized carbons (Fsp3) is 0.280. The van der Waals surface area contributed by atoms with Crippen molar-refractivity contribution in [3.8, 4) is 16.8 Å². The lowest BCUT2D eigenvalue weighted by molar-refractivity contribution is -0.105. The van der Waals surface area contributed by atoms with Crippen molar-refractivity contribution in [1.29, 1.82) is 0 Å². The average Bonchev–Trinajstić information content (AvgIpc) is 3.27. The maximum Gasteiger partial charge on any atom is 0.211 e. The van der Waals surface area contributed by atoms with Crippen LogP contribution in [0.2, 0.25) is 0 Å².